The molecule has 1 aliphatic heterocycles. The van der Waals surface area contributed by atoms with Crippen molar-refractivity contribution in [2.75, 3.05) is 48.4 Å². The van der Waals surface area contributed by atoms with Crippen molar-refractivity contribution >= 4 is 23.5 Å². The number of benzene rings is 1. The first-order chi connectivity index (χ1) is 12.7. The maximum Gasteiger partial charge on any atom is 0.233 e. The third-order valence-electron chi connectivity index (χ3n) is 4.16. The van der Waals surface area contributed by atoms with Gasteiger partial charge < -0.3 is 20.3 Å². The van der Waals surface area contributed by atoms with Crippen molar-refractivity contribution in [2.45, 2.75) is 19.8 Å². The lowest BCUT2D eigenvalue weighted by Gasteiger charge is -2.27. The average molecular weight is 354 g/mol. The lowest BCUT2D eigenvalue weighted by molar-refractivity contribution is 0.122. The van der Waals surface area contributed by atoms with Crippen molar-refractivity contribution in [1.29, 1.82) is 0 Å². The zero-order valence-corrected chi connectivity index (χ0v) is 15.4. The second kappa shape index (κ2) is 8.62. The molecule has 26 heavy (non-hydrogen) atoms. The molecule has 1 aromatic carbocycles. The first kappa shape index (κ1) is 18.1. The van der Waals surface area contributed by atoms with Crippen molar-refractivity contribution < 1.29 is 4.74 Å². The lowest BCUT2D eigenvalue weighted by atomic mass is 10.0. The molecule has 138 valence electrons. The van der Waals surface area contributed by atoms with Crippen molar-refractivity contribution in [1.82, 2.24) is 15.0 Å². The van der Waals surface area contributed by atoms with E-state index >= 15 is 0 Å². The Morgan fingerprint density at radius 1 is 1.12 bits per heavy atom. The van der Waals surface area contributed by atoms with Crippen LogP contribution in [-0.4, -0.2) is 47.8 Å². The third kappa shape index (κ3) is 4.70. The quantitative estimate of drug-likeness (QED) is 0.740. The van der Waals surface area contributed by atoms with Crippen LogP contribution in [0, 0.1) is 0 Å². The normalized spacial score (nSPS) is 14.3. The summed E-state index contributed by atoms with van der Waals surface area (Å²) in [6.45, 7) is 11.6. The fourth-order valence-corrected chi connectivity index (χ4v) is 2.65. The van der Waals surface area contributed by atoms with Gasteiger partial charge in [-0.15, -0.1) is 6.58 Å². The van der Waals surface area contributed by atoms with Gasteiger partial charge in [-0.25, -0.2) is 0 Å². The number of morpholine rings is 1. The van der Waals surface area contributed by atoms with Crippen molar-refractivity contribution in [2.24, 2.45) is 0 Å². The van der Waals surface area contributed by atoms with Gasteiger partial charge in [0.2, 0.25) is 17.8 Å². The van der Waals surface area contributed by atoms with Crippen LogP contribution in [0.5, 0.6) is 0 Å². The highest BCUT2D eigenvalue weighted by molar-refractivity contribution is 5.56. The minimum Gasteiger partial charge on any atom is -0.378 e. The summed E-state index contributed by atoms with van der Waals surface area (Å²) in [5.74, 6) is 2.20. The Balaban J connectivity index is 1.82. The molecule has 0 bridgehead atoms. The maximum absolute atomic E-state index is 5.42. The van der Waals surface area contributed by atoms with Crippen LogP contribution in [0.25, 0.3) is 0 Å². The number of aromatic nitrogens is 3. The molecule has 7 heteroatoms. The third-order valence-corrected chi connectivity index (χ3v) is 4.16. The van der Waals surface area contributed by atoms with Crippen LogP contribution >= 0.6 is 0 Å². The number of nitrogens with one attached hydrogen (secondary N) is 2. The Labute approximate surface area is 154 Å². The molecule has 0 radical (unpaired) electrons. The molecule has 1 aliphatic rings. The Morgan fingerprint density at radius 3 is 2.46 bits per heavy atom. The number of ether oxygens (including phenoxy) is 1. The second-order valence-electron chi connectivity index (χ2n) is 6.45. The fraction of sp³-hybridized carbons (Fsp3) is 0.421. The summed E-state index contributed by atoms with van der Waals surface area (Å²) in [4.78, 5) is 15.7. The van der Waals surface area contributed by atoms with Gasteiger partial charge in [-0.1, -0.05) is 32.1 Å². The lowest BCUT2D eigenvalue weighted by Crippen LogP contribution is -2.37. The van der Waals surface area contributed by atoms with E-state index in [1.165, 1.54) is 5.56 Å². The fourth-order valence-electron chi connectivity index (χ4n) is 2.65. The molecule has 3 rings (SSSR count). The summed E-state index contributed by atoms with van der Waals surface area (Å²) in [7, 11) is 0. The molecule has 0 saturated carbocycles. The molecule has 0 unspecified atom stereocenters. The van der Waals surface area contributed by atoms with Crippen molar-refractivity contribution in [3.8, 4) is 0 Å². The second-order valence-corrected chi connectivity index (χ2v) is 6.45. The molecule has 1 fully saturated rings. The van der Waals surface area contributed by atoms with E-state index in [-0.39, 0.29) is 0 Å². The van der Waals surface area contributed by atoms with Crippen LogP contribution in [0.15, 0.2) is 36.9 Å². The van der Waals surface area contributed by atoms with E-state index in [9.17, 15) is 0 Å². The van der Waals surface area contributed by atoms with Gasteiger partial charge in [0.15, 0.2) is 0 Å². The summed E-state index contributed by atoms with van der Waals surface area (Å²) in [6, 6.07) is 8.33. The Morgan fingerprint density at radius 2 is 1.81 bits per heavy atom. The van der Waals surface area contributed by atoms with Gasteiger partial charge in [0.25, 0.3) is 0 Å². The van der Waals surface area contributed by atoms with Crippen LogP contribution in [0.1, 0.15) is 25.3 Å². The zero-order chi connectivity index (χ0) is 18.4. The minimum atomic E-state index is 0.504. The van der Waals surface area contributed by atoms with E-state index in [1.54, 1.807) is 6.08 Å². The number of rotatable bonds is 7. The molecular formula is C19H26N6O. The molecule has 1 aromatic heterocycles. The molecular weight excluding hydrogens is 328 g/mol. The molecule has 0 amide bonds. The number of nitrogens with zero attached hydrogens (tertiary/aromatic N) is 4. The highest BCUT2D eigenvalue weighted by atomic mass is 16.5. The van der Waals surface area contributed by atoms with E-state index in [2.05, 4.69) is 63.0 Å². The highest BCUT2D eigenvalue weighted by Crippen LogP contribution is 2.21. The molecule has 0 spiro atoms. The van der Waals surface area contributed by atoms with Crippen LogP contribution in [0.2, 0.25) is 0 Å². The zero-order valence-electron chi connectivity index (χ0n) is 15.4. The average Bonchev–Trinajstić information content (AvgIpc) is 2.67. The standard InChI is InChI=1S/C19H26N6O/c1-4-9-20-17-22-18(21-16-7-5-15(6-8-16)14(2)3)24-19(23-17)25-10-12-26-13-11-25/h4-8,14H,1,9-13H2,2-3H3,(H2,20,21,22,23,24). The van der Waals surface area contributed by atoms with E-state index in [4.69, 9.17) is 4.74 Å². The SMILES string of the molecule is C=CCNc1nc(Nc2ccc(C(C)C)cc2)nc(N2CCOCC2)n1. The maximum atomic E-state index is 5.42. The van der Waals surface area contributed by atoms with Crippen LogP contribution in [0.4, 0.5) is 23.5 Å². The van der Waals surface area contributed by atoms with Gasteiger partial charge in [-0.2, -0.15) is 15.0 Å². The van der Waals surface area contributed by atoms with E-state index in [0.717, 1.165) is 18.8 Å². The predicted molar refractivity (Wildman–Crippen MR) is 105 cm³/mol. The van der Waals surface area contributed by atoms with E-state index < -0.39 is 0 Å². The first-order valence-corrected chi connectivity index (χ1v) is 8.96. The Bertz CT molecular complexity index is 725. The summed E-state index contributed by atoms with van der Waals surface area (Å²) in [6.07, 6.45) is 1.77. The number of hydrogen-bond acceptors (Lipinski definition) is 7. The summed E-state index contributed by atoms with van der Waals surface area (Å²) in [5, 5.41) is 6.43. The van der Waals surface area contributed by atoms with Crippen molar-refractivity contribution in [3.63, 3.8) is 0 Å². The van der Waals surface area contributed by atoms with E-state index in [0.29, 0.717) is 43.5 Å². The van der Waals surface area contributed by atoms with Gasteiger partial charge in [0, 0.05) is 25.3 Å². The highest BCUT2D eigenvalue weighted by Gasteiger charge is 2.16. The van der Waals surface area contributed by atoms with Gasteiger partial charge in [0.1, 0.15) is 0 Å². The van der Waals surface area contributed by atoms with Gasteiger partial charge in [-0.05, 0) is 23.6 Å². The molecule has 7 nitrogen and oxygen atoms in total. The minimum absolute atomic E-state index is 0.504. The van der Waals surface area contributed by atoms with E-state index in [1.807, 2.05) is 12.1 Å². The first-order valence-electron chi connectivity index (χ1n) is 8.96. The van der Waals surface area contributed by atoms with Gasteiger partial charge in [-0.3, -0.25) is 0 Å². The largest absolute Gasteiger partial charge is 0.378 e. The van der Waals surface area contributed by atoms with Crippen molar-refractivity contribution in [3.05, 3.63) is 42.5 Å². The molecule has 2 aromatic rings. The molecule has 2 N–H and O–H groups in total. The monoisotopic (exact) mass is 354 g/mol. The van der Waals surface area contributed by atoms with Gasteiger partial charge >= 0.3 is 0 Å². The number of hydrogen-bond donors (Lipinski definition) is 2. The Hall–Kier alpha value is -2.67. The molecule has 0 atom stereocenters. The summed E-state index contributed by atoms with van der Waals surface area (Å²) < 4.78 is 5.42. The van der Waals surface area contributed by atoms with Crippen LogP contribution in [0.3, 0.4) is 0 Å². The number of anilines is 4. The predicted octanol–water partition coefficient (Wildman–Crippen LogP) is 3.17. The molecule has 2 heterocycles. The Kier molecular flexibility index (Phi) is 6.01. The molecule has 1 saturated heterocycles. The summed E-state index contributed by atoms with van der Waals surface area (Å²) >= 11 is 0. The van der Waals surface area contributed by atoms with Crippen LogP contribution in [-0.2, 0) is 4.74 Å². The van der Waals surface area contributed by atoms with Crippen LogP contribution < -0.4 is 15.5 Å². The van der Waals surface area contributed by atoms with Gasteiger partial charge in [0.05, 0.1) is 13.2 Å². The topological polar surface area (TPSA) is 75.2 Å². The smallest absolute Gasteiger partial charge is 0.233 e. The summed E-state index contributed by atoms with van der Waals surface area (Å²) in [5.41, 5.74) is 2.25. The molecule has 0 aliphatic carbocycles.